The Kier molecular flexibility index (Phi) is 1.99. The van der Waals surface area contributed by atoms with E-state index in [1.165, 1.54) is 12.1 Å². The van der Waals surface area contributed by atoms with Gasteiger partial charge >= 0.3 is 6.18 Å². The third-order valence-electron chi connectivity index (χ3n) is 1.66. The highest BCUT2D eigenvalue weighted by atomic mass is 79.9. The summed E-state index contributed by atoms with van der Waals surface area (Å²) in [6, 6.07) is 2.75. The summed E-state index contributed by atoms with van der Waals surface area (Å²) in [4.78, 5) is 3.66. The van der Waals surface area contributed by atoms with Gasteiger partial charge in [-0.05, 0) is 28.1 Å². The van der Waals surface area contributed by atoms with Crippen LogP contribution >= 0.6 is 15.9 Å². The fraction of sp³-hybridized carbons (Fsp3) is 0.143. The highest BCUT2D eigenvalue weighted by molar-refractivity contribution is 9.10. The largest absolute Gasteiger partial charge is 0.434 e. The predicted octanol–water partition coefficient (Wildman–Crippen LogP) is 2.51. The molecule has 3 nitrogen and oxygen atoms in total. The standard InChI is InChI=1S/C7H3BrF3N3/c8-4-1-2-5-12-3-13-14(5)6(4)7(9,10)11/h1-3H. The maximum Gasteiger partial charge on any atom is 0.434 e. The molecule has 0 aliphatic rings. The third-order valence-corrected chi connectivity index (χ3v) is 2.30. The van der Waals surface area contributed by atoms with Crippen LogP contribution in [0, 0.1) is 0 Å². The molecule has 0 atom stereocenters. The molecule has 74 valence electrons. The third kappa shape index (κ3) is 1.37. The van der Waals surface area contributed by atoms with Crippen molar-refractivity contribution in [2.75, 3.05) is 0 Å². The highest BCUT2D eigenvalue weighted by Crippen LogP contribution is 2.34. The minimum Gasteiger partial charge on any atom is -0.215 e. The molecule has 0 radical (unpaired) electrons. The van der Waals surface area contributed by atoms with Crippen LogP contribution in [-0.4, -0.2) is 14.6 Å². The van der Waals surface area contributed by atoms with Gasteiger partial charge in [-0.15, -0.1) is 0 Å². The molecule has 0 aromatic carbocycles. The SMILES string of the molecule is FC(F)(F)c1c(Br)ccc2ncnn12. The van der Waals surface area contributed by atoms with Crippen LogP contribution in [-0.2, 0) is 6.18 Å². The fourth-order valence-electron chi connectivity index (χ4n) is 1.12. The second-order valence-electron chi connectivity index (χ2n) is 2.56. The molecule has 2 rings (SSSR count). The number of halogens is 4. The van der Waals surface area contributed by atoms with Crippen LogP contribution in [0.1, 0.15) is 5.69 Å². The molecule has 14 heavy (non-hydrogen) atoms. The van der Waals surface area contributed by atoms with Gasteiger partial charge in [0.15, 0.2) is 11.3 Å². The molecule has 2 heterocycles. The van der Waals surface area contributed by atoms with Gasteiger partial charge in [0.25, 0.3) is 0 Å². The van der Waals surface area contributed by atoms with Crippen LogP contribution in [0.4, 0.5) is 13.2 Å². The first-order valence-corrected chi connectivity index (χ1v) is 4.35. The van der Waals surface area contributed by atoms with Gasteiger partial charge in [-0.25, -0.2) is 9.50 Å². The van der Waals surface area contributed by atoms with E-state index in [1.807, 2.05) is 0 Å². The van der Waals surface area contributed by atoms with E-state index in [9.17, 15) is 13.2 Å². The highest BCUT2D eigenvalue weighted by Gasteiger charge is 2.36. The van der Waals surface area contributed by atoms with Crippen molar-refractivity contribution in [2.45, 2.75) is 6.18 Å². The first kappa shape index (κ1) is 9.45. The molecule has 0 fully saturated rings. The first-order valence-electron chi connectivity index (χ1n) is 3.55. The molecule has 0 saturated carbocycles. The van der Waals surface area contributed by atoms with Crippen LogP contribution in [0.15, 0.2) is 22.9 Å². The van der Waals surface area contributed by atoms with Gasteiger partial charge in [-0.1, -0.05) is 0 Å². The molecule has 0 spiro atoms. The van der Waals surface area contributed by atoms with E-state index in [2.05, 4.69) is 26.0 Å². The Bertz CT molecular complexity index is 476. The second kappa shape index (κ2) is 2.94. The summed E-state index contributed by atoms with van der Waals surface area (Å²) in [7, 11) is 0. The quantitative estimate of drug-likeness (QED) is 0.733. The van der Waals surface area contributed by atoms with E-state index < -0.39 is 11.9 Å². The fourth-order valence-corrected chi connectivity index (χ4v) is 1.64. The lowest BCUT2D eigenvalue weighted by atomic mass is 10.3. The van der Waals surface area contributed by atoms with Crippen LogP contribution in [0.3, 0.4) is 0 Å². The van der Waals surface area contributed by atoms with Gasteiger partial charge in [0.05, 0.1) is 0 Å². The summed E-state index contributed by atoms with van der Waals surface area (Å²) in [5.41, 5.74) is -0.687. The lowest BCUT2D eigenvalue weighted by Gasteiger charge is -2.09. The van der Waals surface area contributed by atoms with Gasteiger partial charge in [0, 0.05) is 4.47 Å². The molecule has 2 aromatic rings. The average molecular weight is 266 g/mol. The molecule has 0 bridgehead atoms. The number of hydrogen-bond donors (Lipinski definition) is 0. The summed E-state index contributed by atoms with van der Waals surface area (Å²) >= 11 is 2.83. The Morgan fingerprint density at radius 3 is 2.64 bits per heavy atom. The van der Waals surface area contributed by atoms with Crippen molar-refractivity contribution in [3.05, 3.63) is 28.6 Å². The lowest BCUT2D eigenvalue weighted by Crippen LogP contribution is -2.13. The van der Waals surface area contributed by atoms with Crippen molar-refractivity contribution >= 4 is 21.6 Å². The zero-order valence-electron chi connectivity index (χ0n) is 6.59. The number of rotatable bonds is 0. The number of nitrogens with zero attached hydrogens (tertiary/aromatic N) is 3. The van der Waals surface area contributed by atoms with E-state index in [0.717, 1.165) is 10.8 Å². The Balaban J connectivity index is 2.83. The predicted molar refractivity (Wildman–Crippen MR) is 45.7 cm³/mol. The van der Waals surface area contributed by atoms with E-state index in [4.69, 9.17) is 0 Å². The number of aromatic nitrogens is 3. The minimum absolute atomic E-state index is 0.0528. The average Bonchev–Trinajstić information content (AvgIpc) is 2.48. The number of fused-ring (bicyclic) bond motifs is 1. The molecule has 0 unspecified atom stereocenters. The van der Waals surface area contributed by atoms with Crippen molar-refractivity contribution < 1.29 is 13.2 Å². The minimum atomic E-state index is -4.45. The van der Waals surface area contributed by atoms with E-state index in [-0.39, 0.29) is 10.1 Å². The molecular weight excluding hydrogens is 263 g/mol. The number of hydrogen-bond acceptors (Lipinski definition) is 2. The van der Waals surface area contributed by atoms with Crippen LogP contribution in [0.2, 0.25) is 0 Å². The number of pyridine rings is 1. The summed E-state index contributed by atoms with van der Waals surface area (Å²) in [6.45, 7) is 0. The van der Waals surface area contributed by atoms with E-state index >= 15 is 0 Å². The first-order chi connectivity index (χ1) is 6.50. The molecule has 0 amide bonds. The Morgan fingerprint density at radius 1 is 1.29 bits per heavy atom. The monoisotopic (exact) mass is 265 g/mol. The summed E-state index contributed by atoms with van der Waals surface area (Å²) < 4.78 is 38.3. The van der Waals surface area contributed by atoms with Crippen LogP contribution in [0.5, 0.6) is 0 Å². The molecule has 0 saturated heterocycles. The summed E-state index contributed by atoms with van der Waals surface area (Å²) in [6.07, 6.45) is -3.37. The Hall–Kier alpha value is -1.11. The smallest absolute Gasteiger partial charge is 0.215 e. The van der Waals surface area contributed by atoms with Gasteiger partial charge in [0.2, 0.25) is 0 Å². The lowest BCUT2D eigenvalue weighted by molar-refractivity contribution is -0.143. The van der Waals surface area contributed by atoms with Crippen LogP contribution in [0.25, 0.3) is 5.65 Å². The summed E-state index contributed by atoms with van der Waals surface area (Å²) in [5, 5.41) is 3.50. The summed E-state index contributed by atoms with van der Waals surface area (Å²) in [5.74, 6) is 0. The maximum absolute atomic E-state index is 12.5. The Morgan fingerprint density at radius 2 is 2.00 bits per heavy atom. The Labute approximate surface area is 84.7 Å². The van der Waals surface area contributed by atoms with Gasteiger partial charge in [0.1, 0.15) is 6.33 Å². The normalized spacial score (nSPS) is 12.3. The molecular formula is C7H3BrF3N3. The van der Waals surface area contributed by atoms with Crippen molar-refractivity contribution in [2.24, 2.45) is 0 Å². The topological polar surface area (TPSA) is 30.2 Å². The van der Waals surface area contributed by atoms with Gasteiger partial charge in [-0.3, -0.25) is 0 Å². The van der Waals surface area contributed by atoms with Crippen molar-refractivity contribution in [3.8, 4) is 0 Å². The van der Waals surface area contributed by atoms with Crippen molar-refractivity contribution in [1.82, 2.24) is 14.6 Å². The molecule has 2 aromatic heterocycles. The zero-order chi connectivity index (χ0) is 10.3. The second-order valence-corrected chi connectivity index (χ2v) is 3.41. The molecule has 0 aliphatic heterocycles. The van der Waals surface area contributed by atoms with E-state index in [1.54, 1.807) is 0 Å². The van der Waals surface area contributed by atoms with Crippen molar-refractivity contribution in [1.29, 1.82) is 0 Å². The van der Waals surface area contributed by atoms with Crippen LogP contribution < -0.4 is 0 Å². The molecule has 0 N–H and O–H groups in total. The van der Waals surface area contributed by atoms with Gasteiger partial charge in [-0.2, -0.15) is 18.3 Å². The van der Waals surface area contributed by atoms with E-state index in [0.29, 0.717) is 0 Å². The molecule has 0 aliphatic carbocycles. The maximum atomic E-state index is 12.5. The van der Waals surface area contributed by atoms with Gasteiger partial charge < -0.3 is 0 Å². The van der Waals surface area contributed by atoms with Crippen molar-refractivity contribution in [3.63, 3.8) is 0 Å². The molecule has 7 heteroatoms. The number of alkyl halides is 3. The zero-order valence-corrected chi connectivity index (χ0v) is 8.17.